The van der Waals surface area contributed by atoms with Crippen molar-refractivity contribution >= 4 is 12.4 Å². The molecule has 2 rings (SSSR count). The van der Waals surface area contributed by atoms with Crippen molar-refractivity contribution in [3.05, 3.63) is 0 Å². The van der Waals surface area contributed by atoms with Gasteiger partial charge in [0.15, 0.2) is 0 Å². The van der Waals surface area contributed by atoms with Crippen LogP contribution in [0.4, 0.5) is 0 Å². The number of nitrogens with two attached hydrogens (primary N) is 1. The van der Waals surface area contributed by atoms with Gasteiger partial charge in [0.25, 0.3) is 0 Å². The fourth-order valence-electron chi connectivity index (χ4n) is 3.11. The highest BCUT2D eigenvalue weighted by Gasteiger charge is 2.51. The molecule has 0 aromatic carbocycles. The molecule has 2 aliphatic rings. The zero-order chi connectivity index (χ0) is 7.35. The Hall–Kier alpha value is 0.250. The van der Waals surface area contributed by atoms with E-state index >= 15 is 0 Å². The Balaban J connectivity index is 0.000000605. The summed E-state index contributed by atoms with van der Waals surface area (Å²) in [6.07, 6.45) is 4.11. The third-order valence-electron chi connectivity index (χ3n) is 3.91. The summed E-state index contributed by atoms with van der Waals surface area (Å²) in [6, 6.07) is 0.522. The molecule has 2 saturated carbocycles. The van der Waals surface area contributed by atoms with Crippen molar-refractivity contribution in [1.29, 1.82) is 0 Å². The van der Waals surface area contributed by atoms with Gasteiger partial charge in [-0.1, -0.05) is 13.8 Å². The van der Waals surface area contributed by atoms with E-state index in [2.05, 4.69) is 13.8 Å². The van der Waals surface area contributed by atoms with Gasteiger partial charge in [0.2, 0.25) is 0 Å². The average Bonchev–Trinajstić information content (AvgIpc) is 2.20. The molecule has 2 heteroatoms. The van der Waals surface area contributed by atoms with Gasteiger partial charge in [0.05, 0.1) is 0 Å². The Bertz CT molecular complexity index is 156. The van der Waals surface area contributed by atoms with Crippen LogP contribution in [0.15, 0.2) is 0 Å². The van der Waals surface area contributed by atoms with Gasteiger partial charge < -0.3 is 5.73 Å². The first-order chi connectivity index (χ1) is 4.62. The fourth-order valence-corrected chi connectivity index (χ4v) is 3.11. The lowest BCUT2D eigenvalue weighted by molar-refractivity contribution is 0.253. The molecule has 2 bridgehead atoms. The van der Waals surface area contributed by atoms with Crippen molar-refractivity contribution in [3.63, 3.8) is 0 Å². The lowest BCUT2D eigenvalue weighted by atomic mass is 9.82. The second-order valence-electron chi connectivity index (χ2n) is 4.60. The smallest absolute Gasteiger partial charge is 0.00752 e. The molecule has 11 heavy (non-hydrogen) atoms. The molecule has 0 heterocycles. The summed E-state index contributed by atoms with van der Waals surface area (Å²) in [5.41, 5.74) is 6.56. The number of hydrogen-bond donors (Lipinski definition) is 1. The number of fused-ring (bicyclic) bond motifs is 2. The van der Waals surface area contributed by atoms with Gasteiger partial charge in [-0.3, -0.25) is 0 Å². The summed E-state index contributed by atoms with van der Waals surface area (Å²) >= 11 is 0. The Labute approximate surface area is 75.1 Å². The Morgan fingerprint density at radius 1 is 1.27 bits per heavy atom. The minimum atomic E-state index is 0. The van der Waals surface area contributed by atoms with E-state index in [0.717, 1.165) is 11.8 Å². The van der Waals surface area contributed by atoms with Gasteiger partial charge in [-0.2, -0.15) is 0 Å². The molecular formula is C9H18ClN. The summed E-state index contributed by atoms with van der Waals surface area (Å²) in [5.74, 6) is 1.77. The van der Waals surface area contributed by atoms with Crippen LogP contribution in [0.3, 0.4) is 0 Å². The molecule has 0 radical (unpaired) electrons. The molecule has 0 amide bonds. The maximum atomic E-state index is 6.00. The fraction of sp³-hybridized carbons (Fsp3) is 1.00. The monoisotopic (exact) mass is 175 g/mol. The molecule has 3 unspecified atom stereocenters. The highest BCUT2D eigenvalue weighted by molar-refractivity contribution is 5.85. The molecule has 66 valence electrons. The van der Waals surface area contributed by atoms with Crippen LogP contribution >= 0.6 is 12.4 Å². The molecule has 0 aromatic heterocycles. The van der Waals surface area contributed by atoms with Crippen LogP contribution in [0.5, 0.6) is 0 Å². The van der Waals surface area contributed by atoms with E-state index in [1.807, 2.05) is 0 Å². The normalized spacial score (nSPS) is 45.5. The van der Waals surface area contributed by atoms with E-state index in [4.69, 9.17) is 5.73 Å². The van der Waals surface area contributed by atoms with Crippen molar-refractivity contribution in [2.24, 2.45) is 23.0 Å². The van der Waals surface area contributed by atoms with Crippen LogP contribution in [0.1, 0.15) is 33.1 Å². The maximum absolute atomic E-state index is 6.00. The lowest BCUT2D eigenvalue weighted by Crippen LogP contribution is -2.29. The highest BCUT2D eigenvalue weighted by Crippen LogP contribution is 2.56. The highest BCUT2D eigenvalue weighted by atomic mass is 35.5. The predicted molar refractivity (Wildman–Crippen MR) is 49.8 cm³/mol. The number of hydrogen-bond acceptors (Lipinski definition) is 1. The van der Waals surface area contributed by atoms with Crippen LogP contribution in [0.2, 0.25) is 0 Å². The Morgan fingerprint density at radius 3 is 2.09 bits per heavy atom. The summed E-state index contributed by atoms with van der Waals surface area (Å²) in [5, 5.41) is 0. The van der Waals surface area contributed by atoms with Crippen LogP contribution in [-0.4, -0.2) is 6.04 Å². The first-order valence-electron chi connectivity index (χ1n) is 4.38. The van der Waals surface area contributed by atoms with E-state index in [1.54, 1.807) is 0 Å². The number of rotatable bonds is 0. The van der Waals surface area contributed by atoms with Crippen molar-refractivity contribution in [3.8, 4) is 0 Å². The topological polar surface area (TPSA) is 26.0 Å². The third kappa shape index (κ3) is 1.09. The van der Waals surface area contributed by atoms with Crippen molar-refractivity contribution in [1.82, 2.24) is 0 Å². The zero-order valence-corrected chi connectivity index (χ0v) is 8.16. The third-order valence-corrected chi connectivity index (χ3v) is 3.91. The minimum absolute atomic E-state index is 0. The summed E-state index contributed by atoms with van der Waals surface area (Å²) in [6.45, 7) is 4.78. The summed E-state index contributed by atoms with van der Waals surface area (Å²) < 4.78 is 0. The molecule has 2 aliphatic carbocycles. The van der Waals surface area contributed by atoms with E-state index < -0.39 is 0 Å². The van der Waals surface area contributed by atoms with E-state index in [0.29, 0.717) is 11.5 Å². The molecule has 1 nitrogen and oxygen atoms in total. The first kappa shape index (κ1) is 9.34. The molecule has 0 aromatic rings. The quantitative estimate of drug-likeness (QED) is 0.600. The SMILES string of the molecule is CC1(C)C2CCC1C(N)C2.Cl. The lowest BCUT2D eigenvalue weighted by Gasteiger charge is -2.24. The van der Waals surface area contributed by atoms with E-state index in [9.17, 15) is 0 Å². The van der Waals surface area contributed by atoms with E-state index in [1.165, 1.54) is 19.3 Å². The molecule has 3 atom stereocenters. The predicted octanol–water partition coefficient (Wildman–Crippen LogP) is 2.19. The summed E-state index contributed by atoms with van der Waals surface area (Å²) in [7, 11) is 0. The van der Waals surface area contributed by atoms with Crippen LogP contribution in [0, 0.1) is 17.3 Å². The van der Waals surface area contributed by atoms with Crippen LogP contribution in [0.25, 0.3) is 0 Å². The molecule has 2 fully saturated rings. The first-order valence-corrected chi connectivity index (χ1v) is 4.38. The second kappa shape index (κ2) is 2.63. The van der Waals surface area contributed by atoms with Gasteiger partial charge >= 0.3 is 0 Å². The average molecular weight is 176 g/mol. The van der Waals surface area contributed by atoms with Gasteiger partial charge in [-0.15, -0.1) is 12.4 Å². The largest absolute Gasteiger partial charge is 0.327 e. The zero-order valence-electron chi connectivity index (χ0n) is 7.34. The van der Waals surface area contributed by atoms with Crippen LogP contribution < -0.4 is 5.73 Å². The van der Waals surface area contributed by atoms with Crippen molar-refractivity contribution in [2.75, 3.05) is 0 Å². The van der Waals surface area contributed by atoms with Gasteiger partial charge in [-0.05, 0) is 36.5 Å². The summed E-state index contributed by atoms with van der Waals surface area (Å²) in [4.78, 5) is 0. The van der Waals surface area contributed by atoms with Gasteiger partial charge in [-0.25, -0.2) is 0 Å². The Morgan fingerprint density at radius 2 is 1.91 bits per heavy atom. The molecule has 0 spiro atoms. The van der Waals surface area contributed by atoms with Gasteiger partial charge in [0.1, 0.15) is 0 Å². The Kier molecular flexibility index (Phi) is 2.24. The molecule has 0 saturated heterocycles. The number of halogens is 1. The van der Waals surface area contributed by atoms with Crippen molar-refractivity contribution < 1.29 is 0 Å². The maximum Gasteiger partial charge on any atom is 0.00752 e. The second-order valence-corrected chi connectivity index (χ2v) is 4.60. The molecule has 2 N–H and O–H groups in total. The molecule has 0 aliphatic heterocycles. The van der Waals surface area contributed by atoms with Gasteiger partial charge in [0, 0.05) is 6.04 Å². The minimum Gasteiger partial charge on any atom is -0.327 e. The molecular weight excluding hydrogens is 158 g/mol. The van der Waals surface area contributed by atoms with Crippen LogP contribution in [-0.2, 0) is 0 Å². The standard InChI is InChI=1S/C9H17N.ClH/c1-9(2)6-3-4-7(9)8(10)5-6;/h6-8H,3-5,10H2,1-2H3;1H. The van der Waals surface area contributed by atoms with E-state index in [-0.39, 0.29) is 12.4 Å². The van der Waals surface area contributed by atoms with Crippen molar-refractivity contribution in [2.45, 2.75) is 39.2 Å².